The highest BCUT2D eigenvalue weighted by atomic mass is 32.1. The summed E-state index contributed by atoms with van der Waals surface area (Å²) in [6, 6.07) is 3.15. The first-order valence-corrected chi connectivity index (χ1v) is 11.1. The van der Waals surface area contributed by atoms with Gasteiger partial charge < -0.3 is 10.1 Å². The van der Waals surface area contributed by atoms with Crippen LogP contribution in [0.1, 0.15) is 77.4 Å². The van der Waals surface area contributed by atoms with Crippen LogP contribution in [0.2, 0.25) is 0 Å². The van der Waals surface area contributed by atoms with Gasteiger partial charge in [-0.2, -0.15) is 0 Å². The molecule has 0 amide bonds. The van der Waals surface area contributed by atoms with Crippen LogP contribution >= 0.6 is 11.3 Å². The lowest BCUT2D eigenvalue weighted by Crippen LogP contribution is -2.36. The maximum Gasteiger partial charge on any atom is 0.248 e. The van der Waals surface area contributed by atoms with Crippen molar-refractivity contribution in [2.75, 3.05) is 13.2 Å². The first kappa shape index (κ1) is 19.5. The molecule has 27 heavy (non-hydrogen) atoms. The minimum Gasteiger partial charge on any atom is -0.381 e. The zero-order chi connectivity index (χ0) is 19.0. The Morgan fingerprint density at radius 1 is 1.26 bits per heavy atom. The van der Waals surface area contributed by atoms with E-state index in [2.05, 4.69) is 18.3 Å². The van der Waals surface area contributed by atoms with Crippen molar-refractivity contribution in [3.8, 4) is 0 Å². The van der Waals surface area contributed by atoms with E-state index in [1.54, 1.807) is 11.3 Å². The number of carbonyl (C=O) groups excluding carboxylic acids is 1. The maximum absolute atomic E-state index is 13.3. The molecule has 6 heteroatoms. The summed E-state index contributed by atoms with van der Waals surface area (Å²) in [6.45, 7) is 3.79. The van der Waals surface area contributed by atoms with E-state index >= 15 is 0 Å². The molecule has 4 rings (SSSR count). The van der Waals surface area contributed by atoms with Crippen LogP contribution in [0.4, 0.5) is 8.78 Å². The van der Waals surface area contributed by atoms with Crippen molar-refractivity contribution in [3.63, 3.8) is 0 Å². The molecule has 2 atom stereocenters. The van der Waals surface area contributed by atoms with Gasteiger partial charge in [0.2, 0.25) is 5.92 Å². The molecule has 150 valence electrons. The number of aryl methyl sites for hydroxylation is 1. The van der Waals surface area contributed by atoms with Crippen molar-refractivity contribution in [3.05, 3.63) is 21.4 Å². The molecule has 0 aromatic carbocycles. The normalized spacial score (nSPS) is 29.0. The molecule has 3 fully saturated rings. The van der Waals surface area contributed by atoms with E-state index in [0.717, 1.165) is 37.4 Å². The van der Waals surface area contributed by atoms with E-state index < -0.39 is 5.92 Å². The summed E-state index contributed by atoms with van der Waals surface area (Å²) in [4.78, 5) is 14.7. The topological polar surface area (TPSA) is 38.3 Å². The lowest BCUT2D eigenvalue weighted by atomic mass is 9.83. The number of halogens is 2. The maximum atomic E-state index is 13.3. The van der Waals surface area contributed by atoms with Crippen molar-refractivity contribution in [2.24, 2.45) is 5.92 Å². The Hall–Kier alpha value is -0.850. The third-order valence-corrected chi connectivity index (χ3v) is 7.51. The van der Waals surface area contributed by atoms with Gasteiger partial charge in [0, 0.05) is 55.4 Å². The fourth-order valence-electron chi connectivity index (χ4n) is 4.56. The number of thiophene rings is 1. The molecule has 3 aliphatic rings. The summed E-state index contributed by atoms with van der Waals surface area (Å²) in [7, 11) is 0. The van der Waals surface area contributed by atoms with Crippen molar-refractivity contribution < 1.29 is 18.3 Å². The van der Waals surface area contributed by atoms with Gasteiger partial charge in [0.1, 0.15) is 0 Å². The first-order chi connectivity index (χ1) is 12.9. The van der Waals surface area contributed by atoms with Gasteiger partial charge in [0.05, 0.1) is 4.88 Å². The molecule has 1 aromatic heterocycles. The Bertz CT molecular complexity index is 674. The molecular formula is C21H29F2NO2S. The molecule has 3 nitrogen and oxygen atoms in total. The van der Waals surface area contributed by atoms with Crippen LogP contribution in [0, 0.1) is 12.8 Å². The highest BCUT2D eigenvalue weighted by Gasteiger charge is 2.41. The third-order valence-electron chi connectivity index (χ3n) is 6.40. The molecule has 2 heterocycles. The highest BCUT2D eigenvalue weighted by molar-refractivity contribution is 7.14. The van der Waals surface area contributed by atoms with Gasteiger partial charge >= 0.3 is 0 Å². The molecule has 0 unspecified atom stereocenters. The molecule has 0 bridgehead atoms. The number of Topliss-reactive ketones (excluding diaryl/α,β-unsaturated/α-hetero) is 1. The van der Waals surface area contributed by atoms with E-state index in [1.807, 2.05) is 0 Å². The number of nitrogens with one attached hydrogen (secondary N) is 1. The van der Waals surface area contributed by atoms with Gasteiger partial charge in [-0.15, -0.1) is 11.3 Å². The number of ketones is 1. The van der Waals surface area contributed by atoms with Crippen LogP contribution in [0.15, 0.2) is 6.07 Å². The Balaban J connectivity index is 1.31. The van der Waals surface area contributed by atoms with Gasteiger partial charge in [0.25, 0.3) is 0 Å². The lowest BCUT2D eigenvalue weighted by Gasteiger charge is -2.27. The molecule has 2 saturated carbocycles. The fraction of sp³-hybridized carbons (Fsp3) is 0.762. The second-order valence-electron chi connectivity index (χ2n) is 8.55. The Morgan fingerprint density at radius 3 is 2.67 bits per heavy atom. The van der Waals surface area contributed by atoms with Crippen LogP contribution in [0.25, 0.3) is 0 Å². The molecule has 0 spiro atoms. The van der Waals surface area contributed by atoms with Crippen molar-refractivity contribution in [1.82, 2.24) is 5.32 Å². The summed E-state index contributed by atoms with van der Waals surface area (Å²) in [6.07, 6.45) is 4.52. The minimum absolute atomic E-state index is 0.0682. The molecule has 1 aliphatic heterocycles. The smallest absolute Gasteiger partial charge is 0.248 e. The molecule has 2 aliphatic carbocycles. The second-order valence-corrected chi connectivity index (χ2v) is 9.81. The summed E-state index contributed by atoms with van der Waals surface area (Å²) in [5.41, 5.74) is 1.31. The van der Waals surface area contributed by atoms with Crippen LogP contribution in [-0.4, -0.2) is 37.0 Å². The zero-order valence-electron chi connectivity index (χ0n) is 15.9. The number of ether oxygens (including phenoxy) is 1. The fourth-order valence-corrected chi connectivity index (χ4v) is 5.60. The van der Waals surface area contributed by atoms with Crippen LogP contribution < -0.4 is 5.32 Å². The van der Waals surface area contributed by atoms with Gasteiger partial charge in [-0.25, -0.2) is 8.78 Å². The standard InChI is InChI=1S/C21H29F2NO2S/c1-13-16(17-11-18(17)24-15-4-8-26-9-5-15)12-20(27-13)19(25)10-14-2-6-21(22,23)7-3-14/h12,14-15,17-18,24H,2-11H2,1H3/t17-,18+/m0/s1. The predicted octanol–water partition coefficient (Wildman–Crippen LogP) is 5.08. The average Bonchev–Trinajstić information content (AvgIpc) is 3.28. The lowest BCUT2D eigenvalue weighted by molar-refractivity contribution is -0.0458. The molecule has 0 radical (unpaired) electrons. The Morgan fingerprint density at radius 2 is 1.96 bits per heavy atom. The average molecular weight is 398 g/mol. The molecular weight excluding hydrogens is 368 g/mol. The van der Waals surface area contributed by atoms with Gasteiger partial charge in [-0.1, -0.05) is 0 Å². The summed E-state index contributed by atoms with van der Waals surface area (Å²) in [5, 5.41) is 3.75. The SMILES string of the molecule is Cc1sc(C(=O)CC2CCC(F)(F)CC2)cc1[C@@H]1C[C@H]1NC1CCOCC1. The Kier molecular flexibility index (Phi) is 5.68. The Labute approximate surface area is 163 Å². The number of carbonyl (C=O) groups is 1. The highest BCUT2D eigenvalue weighted by Crippen LogP contribution is 2.45. The van der Waals surface area contributed by atoms with E-state index in [1.165, 1.54) is 10.4 Å². The molecule has 1 aromatic rings. The van der Waals surface area contributed by atoms with Crippen molar-refractivity contribution >= 4 is 17.1 Å². The third kappa shape index (κ3) is 4.77. The largest absolute Gasteiger partial charge is 0.381 e. The van der Waals surface area contributed by atoms with E-state index in [4.69, 9.17) is 4.74 Å². The number of alkyl halides is 2. The summed E-state index contributed by atoms with van der Waals surface area (Å²) >= 11 is 1.58. The number of hydrogen-bond acceptors (Lipinski definition) is 4. The van der Waals surface area contributed by atoms with Gasteiger partial charge in [-0.3, -0.25) is 4.79 Å². The first-order valence-electron chi connectivity index (χ1n) is 10.3. The van der Waals surface area contributed by atoms with Gasteiger partial charge in [-0.05, 0) is 56.6 Å². The van der Waals surface area contributed by atoms with Crippen molar-refractivity contribution in [2.45, 2.75) is 82.2 Å². The molecule has 1 N–H and O–H groups in total. The van der Waals surface area contributed by atoms with Crippen LogP contribution in [-0.2, 0) is 4.74 Å². The van der Waals surface area contributed by atoms with Crippen LogP contribution in [0.3, 0.4) is 0 Å². The second kappa shape index (κ2) is 7.88. The quantitative estimate of drug-likeness (QED) is 0.681. The zero-order valence-corrected chi connectivity index (χ0v) is 16.8. The van der Waals surface area contributed by atoms with Crippen molar-refractivity contribution in [1.29, 1.82) is 0 Å². The van der Waals surface area contributed by atoms with Gasteiger partial charge in [0.15, 0.2) is 5.78 Å². The monoisotopic (exact) mass is 397 g/mol. The molecule has 1 saturated heterocycles. The number of rotatable bonds is 6. The van der Waals surface area contributed by atoms with Crippen LogP contribution in [0.5, 0.6) is 0 Å². The predicted molar refractivity (Wildman–Crippen MR) is 103 cm³/mol. The van der Waals surface area contributed by atoms with E-state index in [9.17, 15) is 13.6 Å². The number of hydrogen-bond donors (Lipinski definition) is 1. The summed E-state index contributed by atoms with van der Waals surface area (Å²) in [5.74, 6) is -1.75. The van der Waals surface area contributed by atoms with E-state index in [-0.39, 0.29) is 24.5 Å². The van der Waals surface area contributed by atoms with E-state index in [0.29, 0.717) is 37.3 Å². The summed E-state index contributed by atoms with van der Waals surface area (Å²) < 4.78 is 32.0. The minimum atomic E-state index is -2.52.